The summed E-state index contributed by atoms with van der Waals surface area (Å²) in [5.74, 6) is -2.09. The molecule has 44 heavy (non-hydrogen) atoms. The number of aliphatic hydroxyl groups excluding tert-OH is 1. The number of aliphatic carboxylic acids is 1. The van der Waals surface area contributed by atoms with E-state index in [1.54, 1.807) is 30.3 Å². The third-order valence-electron chi connectivity index (χ3n) is 7.02. The number of allylic oxidation sites excluding steroid dienone is 2. The van der Waals surface area contributed by atoms with Gasteiger partial charge in [-0.15, -0.1) is 0 Å². The quantitative estimate of drug-likeness (QED) is 0.237. The molecule has 4 N–H and O–H groups in total. The first-order valence-corrected chi connectivity index (χ1v) is 13.7. The number of carbonyl (C=O) groups excluding carboxylic acids is 2. The highest BCUT2D eigenvalue weighted by Crippen LogP contribution is 2.33. The van der Waals surface area contributed by atoms with Crippen LogP contribution in [0, 0.1) is 11.3 Å². The SMILES string of the molecule is N#Cc1cc(NC(=O)N(Cc2ccc(C(=O)NC[C@@H](O)C(=O)O)cc2)c2ccc(C3=CCCCC3)cc2)cc(C(F)(F)F)c1. The van der Waals surface area contributed by atoms with E-state index in [1.165, 1.54) is 22.6 Å². The van der Waals surface area contributed by atoms with Crippen molar-refractivity contribution in [2.75, 3.05) is 16.8 Å². The van der Waals surface area contributed by atoms with Crippen LogP contribution in [0.5, 0.6) is 0 Å². The van der Waals surface area contributed by atoms with Crippen molar-refractivity contribution in [3.05, 3.63) is 101 Å². The van der Waals surface area contributed by atoms with Gasteiger partial charge in [-0.2, -0.15) is 18.4 Å². The van der Waals surface area contributed by atoms with Crippen LogP contribution in [-0.2, 0) is 17.5 Å². The van der Waals surface area contributed by atoms with Crippen LogP contribution in [0.15, 0.2) is 72.8 Å². The molecule has 0 aromatic heterocycles. The molecule has 0 spiro atoms. The number of hydrogen-bond acceptors (Lipinski definition) is 5. The lowest BCUT2D eigenvalue weighted by molar-refractivity contribution is -0.146. The van der Waals surface area contributed by atoms with Crippen molar-refractivity contribution < 1.29 is 37.8 Å². The van der Waals surface area contributed by atoms with Crippen LogP contribution in [0.3, 0.4) is 0 Å². The van der Waals surface area contributed by atoms with Gasteiger partial charge in [0.1, 0.15) is 0 Å². The van der Waals surface area contributed by atoms with E-state index < -0.39 is 42.3 Å². The molecule has 4 rings (SSSR count). The maximum absolute atomic E-state index is 13.5. The Morgan fingerprint density at radius 2 is 1.70 bits per heavy atom. The monoisotopic (exact) mass is 606 g/mol. The number of halogens is 3. The smallest absolute Gasteiger partial charge is 0.416 e. The Morgan fingerprint density at radius 3 is 2.30 bits per heavy atom. The van der Waals surface area contributed by atoms with Gasteiger partial charge >= 0.3 is 18.2 Å². The van der Waals surface area contributed by atoms with Gasteiger partial charge in [0.25, 0.3) is 5.91 Å². The number of anilines is 2. The molecule has 9 nitrogen and oxygen atoms in total. The van der Waals surface area contributed by atoms with Crippen molar-refractivity contribution in [2.24, 2.45) is 0 Å². The van der Waals surface area contributed by atoms with Crippen LogP contribution in [0.1, 0.15) is 58.3 Å². The van der Waals surface area contributed by atoms with Crippen LogP contribution in [0.4, 0.5) is 29.3 Å². The van der Waals surface area contributed by atoms with E-state index in [2.05, 4.69) is 16.7 Å². The zero-order valence-corrected chi connectivity index (χ0v) is 23.4. The van der Waals surface area contributed by atoms with Gasteiger partial charge in [0, 0.05) is 16.9 Å². The second-order valence-electron chi connectivity index (χ2n) is 10.2. The summed E-state index contributed by atoms with van der Waals surface area (Å²) < 4.78 is 40.3. The summed E-state index contributed by atoms with van der Waals surface area (Å²) >= 11 is 0. The molecule has 0 radical (unpaired) electrons. The Bertz CT molecular complexity index is 1600. The summed E-state index contributed by atoms with van der Waals surface area (Å²) in [6.07, 6.45) is -0.163. The van der Waals surface area contributed by atoms with Gasteiger partial charge in [-0.25, -0.2) is 9.59 Å². The molecular formula is C32H29F3N4O5. The molecule has 0 bridgehead atoms. The van der Waals surface area contributed by atoms with Crippen LogP contribution in [0.2, 0.25) is 0 Å². The van der Waals surface area contributed by atoms with E-state index in [4.69, 9.17) is 5.11 Å². The summed E-state index contributed by atoms with van der Waals surface area (Å²) in [7, 11) is 0. The maximum Gasteiger partial charge on any atom is 0.416 e. The minimum atomic E-state index is -4.73. The molecule has 3 aromatic rings. The minimum Gasteiger partial charge on any atom is -0.479 e. The number of carboxylic acids is 1. The van der Waals surface area contributed by atoms with E-state index in [9.17, 15) is 37.9 Å². The number of benzene rings is 3. The number of amides is 3. The third kappa shape index (κ3) is 8.23. The highest BCUT2D eigenvalue weighted by atomic mass is 19.4. The largest absolute Gasteiger partial charge is 0.479 e. The van der Waals surface area contributed by atoms with Gasteiger partial charge in [-0.1, -0.05) is 30.3 Å². The lowest BCUT2D eigenvalue weighted by Crippen LogP contribution is -2.36. The standard InChI is InChI=1S/C32H29F3N4O5/c33-32(34,35)25-14-21(17-36)15-26(16-25)38-31(44)39(27-12-10-23(11-13-27)22-4-2-1-3-5-22)19-20-6-8-24(9-7-20)29(41)37-18-28(40)30(42)43/h4,6-16,28,40H,1-3,5,18-19H2,(H,37,41)(H,38,44)(H,42,43)/t28-/m1/s1. The van der Waals surface area contributed by atoms with Gasteiger partial charge in [0.05, 0.1) is 30.3 Å². The van der Waals surface area contributed by atoms with Crippen LogP contribution in [-0.4, -0.2) is 40.8 Å². The summed E-state index contributed by atoms with van der Waals surface area (Å²) in [5, 5.41) is 32.2. The van der Waals surface area contributed by atoms with Crippen molar-refractivity contribution >= 4 is 34.9 Å². The number of hydrogen-bond donors (Lipinski definition) is 4. The lowest BCUT2D eigenvalue weighted by atomic mass is 9.93. The first-order valence-electron chi connectivity index (χ1n) is 13.7. The highest BCUT2D eigenvalue weighted by Gasteiger charge is 2.31. The highest BCUT2D eigenvalue weighted by molar-refractivity contribution is 6.02. The maximum atomic E-state index is 13.5. The van der Waals surface area contributed by atoms with Gasteiger partial charge in [0.15, 0.2) is 6.10 Å². The first kappa shape index (κ1) is 31.8. The zero-order valence-electron chi connectivity index (χ0n) is 23.4. The number of aliphatic hydroxyl groups is 1. The molecule has 0 unspecified atom stereocenters. The van der Waals surface area contributed by atoms with Gasteiger partial charge < -0.3 is 20.8 Å². The number of carbonyl (C=O) groups is 3. The molecule has 1 aliphatic rings. The Morgan fingerprint density at radius 1 is 1.00 bits per heavy atom. The van der Waals surface area contributed by atoms with Gasteiger partial charge in [-0.05, 0) is 84.8 Å². The lowest BCUT2D eigenvalue weighted by Gasteiger charge is -2.24. The second-order valence-corrected chi connectivity index (χ2v) is 10.2. The molecule has 12 heteroatoms. The van der Waals surface area contributed by atoms with E-state index in [0.29, 0.717) is 17.3 Å². The number of urea groups is 1. The zero-order chi connectivity index (χ0) is 31.9. The van der Waals surface area contributed by atoms with E-state index in [1.807, 2.05) is 12.1 Å². The van der Waals surface area contributed by atoms with Crippen molar-refractivity contribution in [3.63, 3.8) is 0 Å². The first-order chi connectivity index (χ1) is 20.9. The van der Waals surface area contributed by atoms with Crippen molar-refractivity contribution in [1.82, 2.24) is 5.32 Å². The predicted octanol–water partition coefficient (Wildman–Crippen LogP) is 5.95. The van der Waals surface area contributed by atoms with E-state index in [0.717, 1.165) is 43.4 Å². The Balaban J connectivity index is 1.59. The molecule has 0 fully saturated rings. The molecule has 1 atom stereocenters. The van der Waals surface area contributed by atoms with Crippen LogP contribution < -0.4 is 15.5 Å². The third-order valence-corrected chi connectivity index (χ3v) is 7.02. The van der Waals surface area contributed by atoms with Gasteiger partial charge in [-0.3, -0.25) is 9.69 Å². The molecular weight excluding hydrogens is 577 g/mol. The van der Waals surface area contributed by atoms with Gasteiger partial charge in [0.2, 0.25) is 0 Å². The number of nitrogens with zero attached hydrogens (tertiary/aromatic N) is 2. The molecule has 1 aliphatic carbocycles. The Labute approximate surface area is 251 Å². The van der Waals surface area contributed by atoms with E-state index in [-0.39, 0.29) is 23.4 Å². The van der Waals surface area contributed by atoms with E-state index >= 15 is 0 Å². The second kappa shape index (κ2) is 13.9. The van der Waals surface area contributed by atoms with Crippen LogP contribution in [0.25, 0.3) is 5.57 Å². The number of nitriles is 1. The van der Waals surface area contributed by atoms with Crippen molar-refractivity contribution in [2.45, 2.75) is 44.5 Å². The van der Waals surface area contributed by atoms with Crippen molar-refractivity contribution in [3.8, 4) is 6.07 Å². The summed E-state index contributed by atoms with van der Waals surface area (Å²) in [6, 6.07) is 16.8. The average molecular weight is 607 g/mol. The molecule has 3 aromatic carbocycles. The molecule has 0 saturated heterocycles. The summed E-state index contributed by atoms with van der Waals surface area (Å²) in [5.41, 5.74) is 1.88. The number of carboxylic acid groups (broad SMARTS) is 1. The average Bonchev–Trinajstić information content (AvgIpc) is 3.02. The number of alkyl halides is 3. The predicted molar refractivity (Wildman–Crippen MR) is 157 cm³/mol. The fourth-order valence-electron chi connectivity index (χ4n) is 4.68. The minimum absolute atomic E-state index is 0.0302. The fraction of sp³-hybridized carbons (Fsp3) is 0.250. The fourth-order valence-corrected chi connectivity index (χ4v) is 4.68. The summed E-state index contributed by atoms with van der Waals surface area (Å²) in [6.45, 7) is -0.516. The Hall–Kier alpha value is -5.15. The molecule has 0 heterocycles. The topological polar surface area (TPSA) is 143 Å². The number of nitrogens with one attached hydrogen (secondary N) is 2. The van der Waals surface area contributed by atoms with Crippen molar-refractivity contribution in [1.29, 1.82) is 5.26 Å². The molecule has 0 saturated carbocycles. The molecule has 228 valence electrons. The normalized spacial score (nSPS) is 13.7. The van der Waals surface area contributed by atoms with Crippen LogP contribution >= 0.6 is 0 Å². The summed E-state index contributed by atoms with van der Waals surface area (Å²) in [4.78, 5) is 38.0. The molecule has 0 aliphatic heterocycles. The molecule has 3 amide bonds. The number of rotatable bonds is 9. The Kier molecular flexibility index (Phi) is 10.0.